The van der Waals surface area contributed by atoms with Crippen molar-refractivity contribution in [3.05, 3.63) is 154 Å². The maximum atomic E-state index is 13.5. The van der Waals surface area contributed by atoms with Gasteiger partial charge in [-0.05, 0) is 54.7 Å². The molecule has 2 unspecified atom stereocenters. The van der Waals surface area contributed by atoms with Gasteiger partial charge in [0.15, 0.2) is 0 Å². The van der Waals surface area contributed by atoms with Gasteiger partial charge in [0, 0.05) is 23.6 Å². The first-order valence-corrected chi connectivity index (χ1v) is 14.7. The molecular formula is C37H36N2O4. The number of amides is 2. The Labute approximate surface area is 253 Å². The van der Waals surface area contributed by atoms with Gasteiger partial charge in [-0.3, -0.25) is 9.59 Å². The highest BCUT2D eigenvalue weighted by atomic mass is 16.5. The zero-order valence-electron chi connectivity index (χ0n) is 24.5. The van der Waals surface area contributed by atoms with Crippen LogP contribution in [0.4, 0.5) is 0 Å². The number of benzene rings is 4. The molecule has 218 valence electrons. The Morgan fingerprint density at radius 2 is 1.49 bits per heavy atom. The average Bonchev–Trinajstić information content (AvgIpc) is 3.04. The van der Waals surface area contributed by atoms with Gasteiger partial charge in [0.1, 0.15) is 0 Å². The van der Waals surface area contributed by atoms with E-state index in [0.29, 0.717) is 23.3 Å². The van der Waals surface area contributed by atoms with Crippen molar-refractivity contribution in [2.75, 3.05) is 6.61 Å². The molecule has 43 heavy (non-hydrogen) atoms. The lowest BCUT2D eigenvalue weighted by molar-refractivity contribution is -0.140. The highest BCUT2D eigenvalue weighted by Crippen LogP contribution is 2.37. The average molecular weight is 573 g/mol. The standard InChI is InChI=1S/C37H36N2O4/c1-3-43-37(42)35-26(2)39(34(40)24-32(35)29-17-9-5-10-18-29)25-28-16-13-21-31(22-28)36(41)38-33(30-19-11-6-12-20-30)23-27-14-7-4-8-15-27/h4-22,32-33H,3,23-25H2,1-2H3,(H,38,41). The highest BCUT2D eigenvalue weighted by molar-refractivity contribution is 5.96. The van der Waals surface area contributed by atoms with E-state index in [9.17, 15) is 14.4 Å². The molecule has 2 atom stereocenters. The molecular weight excluding hydrogens is 536 g/mol. The Bertz CT molecular complexity index is 1600. The van der Waals surface area contributed by atoms with Crippen molar-refractivity contribution in [3.8, 4) is 0 Å². The largest absolute Gasteiger partial charge is 0.463 e. The Balaban J connectivity index is 1.39. The first kappa shape index (κ1) is 29.5. The van der Waals surface area contributed by atoms with E-state index in [1.54, 1.807) is 24.8 Å². The molecule has 0 aromatic heterocycles. The van der Waals surface area contributed by atoms with Gasteiger partial charge in [0.05, 0.1) is 24.8 Å². The molecule has 0 saturated heterocycles. The topological polar surface area (TPSA) is 75.7 Å². The molecule has 4 aromatic carbocycles. The van der Waals surface area contributed by atoms with Crippen molar-refractivity contribution in [3.63, 3.8) is 0 Å². The molecule has 4 aromatic rings. The quantitative estimate of drug-likeness (QED) is 0.213. The number of carbonyl (C=O) groups excluding carboxylic acids is 3. The van der Waals surface area contributed by atoms with Gasteiger partial charge in [-0.15, -0.1) is 0 Å². The van der Waals surface area contributed by atoms with Crippen LogP contribution in [0, 0.1) is 0 Å². The van der Waals surface area contributed by atoms with Crippen molar-refractivity contribution in [2.24, 2.45) is 0 Å². The van der Waals surface area contributed by atoms with Gasteiger partial charge in [0.2, 0.25) is 5.91 Å². The van der Waals surface area contributed by atoms with Crippen LogP contribution in [0.15, 0.2) is 127 Å². The third-order valence-electron chi connectivity index (χ3n) is 7.84. The summed E-state index contributed by atoms with van der Waals surface area (Å²) in [5.74, 6) is -1.06. The van der Waals surface area contributed by atoms with Crippen LogP contribution in [0.3, 0.4) is 0 Å². The van der Waals surface area contributed by atoms with E-state index in [2.05, 4.69) is 17.4 Å². The fourth-order valence-electron chi connectivity index (χ4n) is 5.67. The normalized spacial score (nSPS) is 15.6. The lowest BCUT2D eigenvalue weighted by atomic mass is 9.83. The van der Waals surface area contributed by atoms with Crippen LogP contribution in [0.25, 0.3) is 0 Å². The number of ether oxygens (including phenoxy) is 1. The van der Waals surface area contributed by atoms with Gasteiger partial charge < -0.3 is 15.0 Å². The van der Waals surface area contributed by atoms with Crippen molar-refractivity contribution >= 4 is 17.8 Å². The predicted molar refractivity (Wildman–Crippen MR) is 167 cm³/mol. The monoisotopic (exact) mass is 572 g/mol. The van der Waals surface area contributed by atoms with Gasteiger partial charge in [-0.1, -0.05) is 103 Å². The van der Waals surface area contributed by atoms with E-state index in [1.165, 1.54) is 0 Å². The fourth-order valence-corrected chi connectivity index (χ4v) is 5.67. The number of hydrogen-bond acceptors (Lipinski definition) is 4. The Kier molecular flexibility index (Phi) is 9.47. The minimum atomic E-state index is -0.412. The molecule has 0 radical (unpaired) electrons. The van der Waals surface area contributed by atoms with Crippen LogP contribution in [0.5, 0.6) is 0 Å². The summed E-state index contributed by atoms with van der Waals surface area (Å²) in [7, 11) is 0. The minimum Gasteiger partial charge on any atom is -0.463 e. The number of carbonyl (C=O) groups is 3. The molecule has 1 N–H and O–H groups in total. The molecule has 2 amide bonds. The zero-order chi connectivity index (χ0) is 30.2. The number of rotatable bonds is 10. The van der Waals surface area contributed by atoms with Crippen LogP contribution in [-0.4, -0.2) is 29.3 Å². The summed E-state index contributed by atoms with van der Waals surface area (Å²) in [5.41, 5.74) is 5.42. The second kappa shape index (κ2) is 13.8. The lowest BCUT2D eigenvalue weighted by Crippen LogP contribution is -2.38. The smallest absolute Gasteiger partial charge is 0.336 e. The van der Waals surface area contributed by atoms with E-state index in [4.69, 9.17) is 4.74 Å². The summed E-state index contributed by atoms with van der Waals surface area (Å²) in [6.45, 7) is 4.05. The van der Waals surface area contributed by atoms with Crippen LogP contribution in [-0.2, 0) is 27.3 Å². The Morgan fingerprint density at radius 3 is 2.16 bits per heavy atom. The molecule has 6 heteroatoms. The van der Waals surface area contributed by atoms with Crippen molar-refractivity contribution in [1.29, 1.82) is 0 Å². The van der Waals surface area contributed by atoms with Crippen LogP contribution in [0.2, 0.25) is 0 Å². The molecule has 0 aliphatic carbocycles. The number of esters is 1. The second-order valence-corrected chi connectivity index (χ2v) is 10.7. The van der Waals surface area contributed by atoms with Gasteiger partial charge in [-0.2, -0.15) is 0 Å². The third-order valence-corrected chi connectivity index (χ3v) is 7.84. The Hall–Kier alpha value is -4.97. The first-order chi connectivity index (χ1) is 20.9. The summed E-state index contributed by atoms with van der Waals surface area (Å²) in [5, 5.41) is 3.22. The van der Waals surface area contributed by atoms with E-state index < -0.39 is 5.97 Å². The molecule has 6 nitrogen and oxygen atoms in total. The molecule has 1 heterocycles. The minimum absolute atomic E-state index is 0.0822. The van der Waals surface area contributed by atoms with E-state index in [-0.39, 0.29) is 43.3 Å². The second-order valence-electron chi connectivity index (χ2n) is 10.7. The maximum Gasteiger partial charge on any atom is 0.336 e. The summed E-state index contributed by atoms with van der Waals surface area (Å²) in [6.07, 6.45) is 0.815. The number of nitrogens with one attached hydrogen (secondary N) is 1. The SMILES string of the molecule is CCOC(=O)C1=C(C)N(Cc2cccc(C(=O)NC(Cc3ccccc3)c3ccccc3)c2)C(=O)CC1c1ccccc1. The summed E-state index contributed by atoms with van der Waals surface area (Å²) in [4.78, 5) is 41.8. The first-order valence-electron chi connectivity index (χ1n) is 14.7. The molecule has 0 bridgehead atoms. The van der Waals surface area contributed by atoms with E-state index in [1.807, 2.05) is 97.1 Å². The van der Waals surface area contributed by atoms with E-state index in [0.717, 1.165) is 22.3 Å². The van der Waals surface area contributed by atoms with Crippen LogP contribution < -0.4 is 5.32 Å². The van der Waals surface area contributed by atoms with Gasteiger partial charge in [-0.25, -0.2) is 4.79 Å². The van der Waals surface area contributed by atoms with Crippen molar-refractivity contribution in [2.45, 2.75) is 45.2 Å². The molecule has 0 spiro atoms. The molecule has 0 fully saturated rings. The van der Waals surface area contributed by atoms with Gasteiger partial charge in [0.25, 0.3) is 5.91 Å². The summed E-state index contributed by atoms with van der Waals surface area (Å²) in [6, 6.07) is 36.7. The molecule has 1 aliphatic rings. The Morgan fingerprint density at radius 1 is 0.860 bits per heavy atom. The molecule has 1 aliphatic heterocycles. The molecule has 5 rings (SSSR count). The lowest BCUT2D eigenvalue weighted by Gasteiger charge is -2.34. The predicted octanol–water partition coefficient (Wildman–Crippen LogP) is 6.75. The summed E-state index contributed by atoms with van der Waals surface area (Å²) < 4.78 is 5.42. The third kappa shape index (κ3) is 7.09. The van der Waals surface area contributed by atoms with Crippen LogP contribution >= 0.6 is 0 Å². The highest BCUT2D eigenvalue weighted by Gasteiger charge is 2.36. The molecule has 0 saturated carbocycles. The number of allylic oxidation sites excluding steroid dienone is 1. The number of nitrogens with zero attached hydrogens (tertiary/aromatic N) is 1. The van der Waals surface area contributed by atoms with E-state index >= 15 is 0 Å². The van der Waals surface area contributed by atoms with Gasteiger partial charge >= 0.3 is 5.97 Å². The van der Waals surface area contributed by atoms with Crippen molar-refractivity contribution in [1.82, 2.24) is 10.2 Å². The zero-order valence-corrected chi connectivity index (χ0v) is 24.5. The van der Waals surface area contributed by atoms with Crippen LogP contribution in [0.1, 0.15) is 64.8 Å². The number of hydrogen-bond donors (Lipinski definition) is 1. The maximum absolute atomic E-state index is 13.5. The van der Waals surface area contributed by atoms with Crippen molar-refractivity contribution < 1.29 is 19.1 Å². The fraction of sp³-hybridized carbons (Fsp3) is 0.216. The summed E-state index contributed by atoms with van der Waals surface area (Å²) >= 11 is 0.